The number of aromatic hydroxyl groups is 1. The summed E-state index contributed by atoms with van der Waals surface area (Å²) in [5.74, 6) is -0.514. The number of halogens is 2. The van der Waals surface area contributed by atoms with Crippen LogP contribution in [-0.4, -0.2) is 39.3 Å². The van der Waals surface area contributed by atoms with Gasteiger partial charge in [0.15, 0.2) is 0 Å². The Morgan fingerprint density at radius 3 is 2.81 bits per heavy atom. The van der Waals surface area contributed by atoms with Crippen molar-refractivity contribution in [2.75, 3.05) is 0 Å². The van der Waals surface area contributed by atoms with Crippen LogP contribution in [0.25, 0.3) is 0 Å². The molecule has 3 aromatic rings. The Balaban J connectivity index is 1.63. The summed E-state index contributed by atoms with van der Waals surface area (Å²) in [6.45, 7) is 0.0734. The number of phenolic OH excluding ortho intramolecular Hbond substituents is 1. The second kappa shape index (κ2) is 11.6. The van der Waals surface area contributed by atoms with Gasteiger partial charge in [0.2, 0.25) is 0 Å². The number of H-pyrrole nitrogens is 1. The number of rotatable bonds is 8. The molecule has 1 aromatic heterocycles. The van der Waals surface area contributed by atoms with Crippen molar-refractivity contribution in [1.82, 2.24) is 20.7 Å². The summed E-state index contributed by atoms with van der Waals surface area (Å²) in [6, 6.07) is 11.6. The molecular formula is C21H19BrIN5O4. The Morgan fingerprint density at radius 1 is 1.31 bits per heavy atom. The van der Waals surface area contributed by atoms with E-state index in [0.29, 0.717) is 14.8 Å². The standard InChI is InChI=1S/C21H19BrIN5O4/c22-15-6-14(19(29)17(23)7-15)9-26-28-20(30)18(8-16-10-24-12-25-16)27-21(31)32-11-13-4-2-1-3-5-13/h1-7,9-10,12,18,29H,8,11H2,(H,24,25)(H,27,31)(H,28,30)/b26-9-/t18-/m1/s1. The van der Waals surface area contributed by atoms with E-state index in [1.54, 1.807) is 18.3 Å². The molecular weight excluding hydrogens is 593 g/mol. The van der Waals surface area contributed by atoms with Crippen molar-refractivity contribution in [2.45, 2.75) is 19.1 Å². The van der Waals surface area contributed by atoms with E-state index in [2.05, 4.69) is 41.7 Å². The third-order valence-corrected chi connectivity index (χ3v) is 5.52. The zero-order chi connectivity index (χ0) is 22.9. The van der Waals surface area contributed by atoms with Crippen molar-refractivity contribution >= 4 is 56.7 Å². The number of carbonyl (C=O) groups is 2. The fourth-order valence-electron chi connectivity index (χ4n) is 2.66. The van der Waals surface area contributed by atoms with Crippen molar-refractivity contribution < 1.29 is 19.4 Å². The summed E-state index contributed by atoms with van der Waals surface area (Å²) in [6.07, 6.45) is 3.77. The molecule has 2 aromatic carbocycles. The highest BCUT2D eigenvalue weighted by atomic mass is 127. The van der Waals surface area contributed by atoms with Crippen LogP contribution in [0.5, 0.6) is 5.75 Å². The molecule has 0 aliphatic rings. The maximum atomic E-state index is 12.7. The van der Waals surface area contributed by atoms with Crippen LogP contribution in [0.1, 0.15) is 16.8 Å². The topological polar surface area (TPSA) is 129 Å². The van der Waals surface area contributed by atoms with Gasteiger partial charge in [-0.05, 0) is 40.3 Å². The van der Waals surface area contributed by atoms with Crippen LogP contribution in [0.3, 0.4) is 0 Å². The highest BCUT2D eigenvalue weighted by Crippen LogP contribution is 2.27. The second-order valence-corrected chi connectivity index (χ2v) is 8.68. The molecule has 0 aliphatic heterocycles. The summed E-state index contributed by atoms with van der Waals surface area (Å²) < 4.78 is 6.60. The van der Waals surface area contributed by atoms with Gasteiger partial charge in [-0.3, -0.25) is 4.79 Å². The van der Waals surface area contributed by atoms with Gasteiger partial charge in [0.1, 0.15) is 18.4 Å². The fraction of sp³-hybridized carbons (Fsp3) is 0.143. The largest absolute Gasteiger partial charge is 0.506 e. The zero-order valence-corrected chi connectivity index (χ0v) is 20.3. The lowest BCUT2D eigenvalue weighted by atomic mass is 10.1. The van der Waals surface area contributed by atoms with Crippen molar-refractivity contribution in [3.8, 4) is 5.75 Å². The number of benzene rings is 2. The number of hydrogen-bond acceptors (Lipinski definition) is 6. The minimum absolute atomic E-state index is 0.0448. The maximum absolute atomic E-state index is 12.7. The minimum Gasteiger partial charge on any atom is -0.506 e. The first-order valence-electron chi connectivity index (χ1n) is 9.37. The second-order valence-electron chi connectivity index (χ2n) is 6.60. The van der Waals surface area contributed by atoms with Gasteiger partial charge in [-0.2, -0.15) is 5.10 Å². The first-order valence-corrected chi connectivity index (χ1v) is 11.2. The van der Waals surface area contributed by atoms with Gasteiger partial charge in [0.05, 0.1) is 16.1 Å². The maximum Gasteiger partial charge on any atom is 0.408 e. The lowest BCUT2D eigenvalue weighted by Crippen LogP contribution is -2.47. The number of alkyl carbamates (subject to hydrolysis) is 1. The van der Waals surface area contributed by atoms with Gasteiger partial charge in [0.25, 0.3) is 5.91 Å². The van der Waals surface area contributed by atoms with E-state index >= 15 is 0 Å². The molecule has 11 heteroatoms. The number of aromatic amines is 1. The Morgan fingerprint density at radius 2 is 2.09 bits per heavy atom. The van der Waals surface area contributed by atoms with Gasteiger partial charge >= 0.3 is 6.09 Å². The average Bonchev–Trinajstić information content (AvgIpc) is 3.29. The molecule has 4 N–H and O–H groups in total. The van der Waals surface area contributed by atoms with Crippen LogP contribution in [0, 0.1) is 3.57 Å². The van der Waals surface area contributed by atoms with Gasteiger partial charge in [-0.15, -0.1) is 0 Å². The SMILES string of the molecule is O=C(N[C@H](Cc1cnc[nH]1)C(=O)N/N=C\c1cc(Br)cc(I)c1O)OCc1ccccc1. The van der Waals surface area contributed by atoms with E-state index in [1.165, 1.54) is 12.5 Å². The summed E-state index contributed by atoms with van der Waals surface area (Å²) in [4.78, 5) is 31.8. The average molecular weight is 612 g/mol. The number of imidazole rings is 1. The predicted octanol–water partition coefficient (Wildman–Crippen LogP) is 3.47. The first kappa shape index (κ1) is 23.7. The van der Waals surface area contributed by atoms with E-state index < -0.39 is 18.0 Å². The van der Waals surface area contributed by atoms with Crippen LogP contribution in [0.2, 0.25) is 0 Å². The molecule has 0 fully saturated rings. The monoisotopic (exact) mass is 611 g/mol. The van der Waals surface area contributed by atoms with Crippen molar-refractivity contribution in [1.29, 1.82) is 0 Å². The number of ether oxygens (including phenoxy) is 1. The number of nitrogens with zero attached hydrogens (tertiary/aromatic N) is 2. The Kier molecular flexibility index (Phi) is 8.62. The van der Waals surface area contributed by atoms with Crippen LogP contribution >= 0.6 is 38.5 Å². The lowest BCUT2D eigenvalue weighted by Gasteiger charge is -2.16. The Bertz CT molecular complexity index is 1090. The molecule has 1 heterocycles. The van der Waals surface area contributed by atoms with Gasteiger partial charge < -0.3 is 20.1 Å². The molecule has 0 spiro atoms. The number of aromatic nitrogens is 2. The molecule has 9 nitrogen and oxygen atoms in total. The lowest BCUT2D eigenvalue weighted by molar-refractivity contribution is -0.123. The number of hydrazone groups is 1. The third-order valence-electron chi connectivity index (χ3n) is 4.24. The molecule has 166 valence electrons. The molecule has 0 saturated carbocycles. The Labute approximate surface area is 205 Å². The van der Waals surface area contributed by atoms with Crippen LogP contribution in [-0.2, 0) is 22.6 Å². The van der Waals surface area contributed by atoms with Crippen molar-refractivity contribution in [3.63, 3.8) is 0 Å². The molecule has 32 heavy (non-hydrogen) atoms. The molecule has 0 saturated heterocycles. The number of phenols is 1. The number of hydrogen-bond donors (Lipinski definition) is 4. The molecule has 0 aliphatic carbocycles. The number of amides is 2. The molecule has 2 amide bonds. The molecule has 3 rings (SSSR count). The molecule has 0 bridgehead atoms. The molecule has 0 unspecified atom stereocenters. The zero-order valence-electron chi connectivity index (χ0n) is 16.6. The quantitative estimate of drug-likeness (QED) is 0.176. The molecule has 0 radical (unpaired) electrons. The van der Waals surface area contributed by atoms with E-state index in [1.807, 2.05) is 52.9 Å². The van der Waals surface area contributed by atoms with E-state index in [4.69, 9.17) is 4.74 Å². The highest BCUT2D eigenvalue weighted by molar-refractivity contribution is 14.1. The van der Waals surface area contributed by atoms with Gasteiger partial charge in [-0.1, -0.05) is 46.3 Å². The number of carbonyl (C=O) groups excluding carboxylic acids is 2. The highest BCUT2D eigenvalue weighted by Gasteiger charge is 2.22. The minimum atomic E-state index is -0.966. The van der Waals surface area contributed by atoms with Crippen molar-refractivity contribution in [3.05, 3.63) is 79.9 Å². The van der Waals surface area contributed by atoms with E-state index in [9.17, 15) is 14.7 Å². The first-order chi connectivity index (χ1) is 15.4. The van der Waals surface area contributed by atoms with Gasteiger partial charge in [0, 0.05) is 28.3 Å². The summed E-state index contributed by atoms with van der Waals surface area (Å²) in [7, 11) is 0. The summed E-state index contributed by atoms with van der Waals surface area (Å²) in [5.41, 5.74) is 4.28. The normalized spacial score (nSPS) is 11.8. The van der Waals surface area contributed by atoms with E-state index in [-0.39, 0.29) is 18.8 Å². The van der Waals surface area contributed by atoms with Crippen molar-refractivity contribution in [2.24, 2.45) is 5.10 Å². The third kappa shape index (κ3) is 7.05. The van der Waals surface area contributed by atoms with Crippen LogP contribution < -0.4 is 10.7 Å². The summed E-state index contributed by atoms with van der Waals surface area (Å²) in [5, 5.41) is 16.6. The van der Waals surface area contributed by atoms with E-state index in [0.717, 1.165) is 10.0 Å². The smallest absolute Gasteiger partial charge is 0.408 e. The number of nitrogens with one attached hydrogen (secondary N) is 3. The summed E-state index contributed by atoms with van der Waals surface area (Å²) >= 11 is 5.34. The van der Waals surface area contributed by atoms with Crippen LogP contribution in [0.4, 0.5) is 4.79 Å². The fourth-order valence-corrected chi connectivity index (χ4v) is 4.21. The molecule has 1 atom stereocenters. The predicted molar refractivity (Wildman–Crippen MR) is 130 cm³/mol. The van der Waals surface area contributed by atoms with Crippen LogP contribution in [0.15, 0.2) is 64.6 Å². The van der Waals surface area contributed by atoms with Gasteiger partial charge in [-0.25, -0.2) is 15.2 Å². The Hall–Kier alpha value is -2.93.